The van der Waals surface area contributed by atoms with Gasteiger partial charge in [-0.15, -0.1) is 11.3 Å². The zero-order valence-corrected chi connectivity index (χ0v) is 11.7. The molecule has 2 aromatic rings. The third-order valence-electron chi connectivity index (χ3n) is 3.67. The Morgan fingerprint density at radius 2 is 2.21 bits per heavy atom. The molecule has 0 aliphatic carbocycles. The number of thiophene rings is 1. The summed E-state index contributed by atoms with van der Waals surface area (Å²) in [7, 11) is 0. The zero-order chi connectivity index (χ0) is 13.4. The Hall–Kier alpha value is -1.39. The molecule has 4 heteroatoms. The van der Waals surface area contributed by atoms with Gasteiger partial charge in [0.05, 0.1) is 6.04 Å². The third kappa shape index (κ3) is 2.26. The summed E-state index contributed by atoms with van der Waals surface area (Å²) < 4.78 is 13.5. The van der Waals surface area contributed by atoms with E-state index in [1.54, 1.807) is 17.4 Å². The Labute approximate surface area is 116 Å². The van der Waals surface area contributed by atoms with Crippen LogP contribution in [-0.2, 0) is 6.42 Å². The van der Waals surface area contributed by atoms with Crippen molar-refractivity contribution in [3.63, 3.8) is 0 Å². The van der Waals surface area contributed by atoms with E-state index in [0.29, 0.717) is 6.54 Å². The number of halogens is 1. The Balaban J connectivity index is 1.97. The van der Waals surface area contributed by atoms with Crippen molar-refractivity contribution in [1.29, 1.82) is 0 Å². The van der Waals surface area contributed by atoms with E-state index < -0.39 is 0 Å². The Morgan fingerprint density at radius 1 is 1.37 bits per heavy atom. The third-order valence-corrected chi connectivity index (χ3v) is 4.77. The molecule has 1 aromatic carbocycles. The summed E-state index contributed by atoms with van der Waals surface area (Å²) in [4.78, 5) is 4.79. The van der Waals surface area contributed by atoms with Crippen LogP contribution in [0.1, 0.15) is 21.4 Å². The van der Waals surface area contributed by atoms with Gasteiger partial charge in [-0.3, -0.25) is 0 Å². The lowest BCUT2D eigenvalue weighted by Gasteiger charge is -2.28. The van der Waals surface area contributed by atoms with Crippen molar-refractivity contribution < 1.29 is 4.39 Å². The minimum absolute atomic E-state index is 0.154. The molecule has 1 aliphatic rings. The van der Waals surface area contributed by atoms with Gasteiger partial charge in [0.1, 0.15) is 5.82 Å². The van der Waals surface area contributed by atoms with E-state index in [-0.39, 0.29) is 11.9 Å². The molecular weight excluding hydrogens is 259 g/mol. The van der Waals surface area contributed by atoms with Crippen molar-refractivity contribution in [3.05, 3.63) is 51.5 Å². The SMILES string of the molecule is Cc1ccc(C(CN)N2CCc3ccc(F)cc32)s1. The summed E-state index contributed by atoms with van der Waals surface area (Å²) in [5.41, 5.74) is 8.18. The van der Waals surface area contributed by atoms with E-state index in [0.717, 1.165) is 18.7 Å². The van der Waals surface area contributed by atoms with Crippen LogP contribution in [0, 0.1) is 12.7 Å². The fraction of sp³-hybridized carbons (Fsp3) is 0.333. The van der Waals surface area contributed by atoms with E-state index in [1.807, 2.05) is 6.07 Å². The molecule has 2 nitrogen and oxygen atoms in total. The minimum atomic E-state index is -0.177. The summed E-state index contributed by atoms with van der Waals surface area (Å²) in [5.74, 6) is -0.177. The van der Waals surface area contributed by atoms with Crippen LogP contribution in [0.4, 0.5) is 10.1 Å². The largest absolute Gasteiger partial charge is 0.362 e. The Kier molecular flexibility index (Phi) is 3.29. The molecule has 0 saturated heterocycles. The van der Waals surface area contributed by atoms with Gasteiger partial charge in [-0.05, 0) is 43.2 Å². The topological polar surface area (TPSA) is 29.3 Å². The maximum atomic E-state index is 13.5. The lowest BCUT2D eigenvalue weighted by Crippen LogP contribution is -2.31. The van der Waals surface area contributed by atoms with Crippen LogP contribution in [0.3, 0.4) is 0 Å². The van der Waals surface area contributed by atoms with E-state index in [9.17, 15) is 4.39 Å². The van der Waals surface area contributed by atoms with Gasteiger partial charge in [-0.2, -0.15) is 0 Å². The normalized spacial score (nSPS) is 15.6. The van der Waals surface area contributed by atoms with E-state index in [1.165, 1.54) is 21.4 Å². The second kappa shape index (κ2) is 4.94. The number of aryl methyl sites for hydroxylation is 1. The van der Waals surface area contributed by atoms with Crippen LogP contribution in [0.15, 0.2) is 30.3 Å². The summed E-state index contributed by atoms with van der Waals surface area (Å²) in [6.45, 7) is 3.56. The van der Waals surface area contributed by atoms with E-state index in [4.69, 9.17) is 5.73 Å². The average molecular weight is 276 g/mol. The quantitative estimate of drug-likeness (QED) is 0.932. The smallest absolute Gasteiger partial charge is 0.125 e. The summed E-state index contributed by atoms with van der Waals surface area (Å²) >= 11 is 1.77. The van der Waals surface area contributed by atoms with Gasteiger partial charge in [-0.1, -0.05) is 6.07 Å². The highest BCUT2D eigenvalue weighted by molar-refractivity contribution is 7.12. The molecule has 0 bridgehead atoms. The number of benzene rings is 1. The Morgan fingerprint density at radius 3 is 2.89 bits per heavy atom. The van der Waals surface area contributed by atoms with Gasteiger partial charge in [0.15, 0.2) is 0 Å². The van der Waals surface area contributed by atoms with Gasteiger partial charge in [0, 0.05) is 28.5 Å². The number of hydrogen-bond donors (Lipinski definition) is 1. The molecule has 2 N–H and O–H groups in total. The summed E-state index contributed by atoms with van der Waals surface area (Å²) in [6.07, 6.45) is 0.969. The van der Waals surface area contributed by atoms with Crippen molar-refractivity contribution in [2.75, 3.05) is 18.0 Å². The molecule has 0 saturated carbocycles. The number of nitrogens with two attached hydrogens (primary N) is 1. The van der Waals surface area contributed by atoms with E-state index >= 15 is 0 Å². The summed E-state index contributed by atoms with van der Waals surface area (Å²) in [5, 5.41) is 0. The number of rotatable bonds is 3. The molecule has 1 unspecified atom stereocenters. The Bertz CT molecular complexity index is 594. The highest BCUT2D eigenvalue weighted by Crippen LogP contribution is 2.37. The maximum absolute atomic E-state index is 13.5. The van der Waals surface area contributed by atoms with Crippen LogP contribution in [0.5, 0.6) is 0 Å². The van der Waals surface area contributed by atoms with Crippen molar-refractivity contribution in [2.24, 2.45) is 5.73 Å². The second-order valence-electron chi connectivity index (χ2n) is 4.92. The lowest BCUT2D eigenvalue weighted by atomic mass is 10.1. The number of fused-ring (bicyclic) bond motifs is 1. The van der Waals surface area contributed by atoms with Crippen LogP contribution in [0.25, 0.3) is 0 Å². The monoisotopic (exact) mass is 276 g/mol. The van der Waals surface area contributed by atoms with Crippen LogP contribution >= 0.6 is 11.3 Å². The molecule has 3 rings (SSSR count). The van der Waals surface area contributed by atoms with Crippen molar-refractivity contribution >= 4 is 17.0 Å². The molecule has 0 spiro atoms. The first-order valence-corrected chi connectivity index (χ1v) is 7.32. The lowest BCUT2D eigenvalue weighted by molar-refractivity contribution is 0.623. The molecule has 0 radical (unpaired) electrons. The first-order valence-electron chi connectivity index (χ1n) is 6.50. The van der Waals surface area contributed by atoms with Crippen molar-refractivity contribution in [1.82, 2.24) is 0 Å². The minimum Gasteiger partial charge on any atom is -0.362 e. The first kappa shape index (κ1) is 12.6. The fourth-order valence-corrected chi connectivity index (χ4v) is 3.73. The van der Waals surface area contributed by atoms with Gasteiger partial charge in [-0.25, -0.2) is 4.39 Å². The van der Waals surface area contributed by atoms with Gasteiger partial charge >= 0.3 is 0 Å². The number of hydrogen-bond acceptors (Lipinski definition) is 3. The highest BCUT2D eigenvalue weighted by Gasteiger charge is 2.27. The first-order chi connectivity index (χ1) is 9.19. The molecule has 1 aliphatic heterocycles. The molecule has 19 heavy (non-hydrogen) atoms. The van der Waals surface area contributed by atoms with Crippen LogP contribution < -0.4 is 10.6 Å². The molecule has 0 amide bonds. The second-order valence-corrected chi connectivity index (χ2v) is 6.24. The molecule has 100 valence electrons. The molecule has 2 heterocycles. The molecule has 1 aromatic heterocycles. The van der Waals surface area contributed by atoms with Gasteiger partial charge in [0.25, 0.3) is 0 Å². The van der Waals surface area contributed by atoms with Crippen molar-refractivity contribution in [3.8, 4) is 0 Å². The number of anilines is 1. The zero-order valence-electron chi connectivity index (χ0n) is 10.9. The van der Waals surface area contributed by atoms with Crippen molar-refractivity contribution in [2.45, 2.75) is 19.4 Å². The standard InChI is InChI=1S/C15H17FN2S/c1-10-2-5-15(19-10)14(9-17)18-7-6-11-3-4-12(16)8-13(11)18/h2-5,8,14H,6-7,9,17H2,1H3. The molecule has 0 fully saturated rings. The molecule has 1 atom stereocenters. The fourth-order valence-electron chi connectivity index (χ4n) is 2.73. The van der Waals surface area contributed by atoms with Crippen LogP contribution in [0.2, 0.25) is 0 Å². The highest BCUT2D eigenvalue weighted by atomic mass is 32.1. The average Bonchev–Trinajstić information content (AvgIpc) is 2.98. The summed E-state index contributed by atoms with van der Waals surface area (Å²) in [6, 6.07) is 9.46. The van der Waals surface area contributed by atoms with Crippen LogP contribution in [-0.4, -0.2) is 13.1 Å². The number of nitrogens with zero attached hydrogens (tertiary/aromatic N) is 1. The predicted octanol–water partition coefficient (Wildman–Crippen LogP) is 3.26. The van der Waals surface area contributed by atoms with E-state index in [2.05, 4.69) is 24.0 Å². The maximum Gasteiger partial charge on any atom is 0.125 e. The molecular formula is C15H17FN2S. The van der Waals surface area contributed by atoms with Gasteiger partial charge in [0.2, 0.25) is 0 Å². The van der Waals surface area contributed by atoms with Gasteiger partial charge < -0.3 is 10.6 Å². The predicted molar refractivity (Wildman–Crippen MR) is 78.3 cm³/mol.